The molecule has 0 aliphatic rings. The predicted molar refractivity (Wildman–Crippen MR) is 100 cm³/mol. The molecule has 2 rings (SSSR count). The van der Waals surface area contributed by atoms with E-state index in [-0.39, 0.29) is 17.9 Å². The minimum Gasteiger partial charge on any atom is -0.491 e. The lowest BCUT2D eigenvalue weighted by atomic mass is 10.1. The van der Waals surface area contributed by atoms with Gasteiger partial charge in [-0.05, 0) is 62.2 Å². The first-order chi connectivity index (χ1) is 11.9. The van der Waals surface area contributed by atoms with Crippen LogP contribution in [0, 0.1) is 6.92 Å². The maximum absolute atomic E-state index is 12.4. The molecule has 25 heavy (non-hydrogen) atoms. The van der Waals surface area contributed by atoms with E-state index >= 15 is 0 Å². The summed E-state index contributed by atoms with van der Waals surface area (Å²) in [5, 5.41) is 5.59. The number of hydrogen-bond donors (Lipinski definition) is 2. The van der Waals surface area contributed by atoms with Crippen molar-refractivity contribution in [3.05, 3.63) is 53.6 Å². The molecule has 2 amide bonds. The van der Waals surface area contributed by atoms with Gasteiger partial charge in [0.25, 0.3) is 5.91 Å². The third kappa shape index (κ3) is 5.35. The number of rotatable bonds is 6. The van der Waals surface area contributed by atoms with Gasteiger partial charge in [-0.2, -0.15) is 0 Å². The van der Waals surface area contributed by atoms with Crippen LogP contribution in [-0.2, 0) is 4.79 Å². The molecule has 2 aromatic carbocycles. The number of hydrogen-bond acceptors (Lipinski definition) is 3. The van der Waals surface area contributed by atoms with Crippen LogP contribution in [0.15, 0.2) is 42.5 Å². The van der Waals surface area contributed by atoms with Gasteiger partial charge in [-0.25, -0.2) is 0 Å². The van der Waals surface area contributed by atoms with Gasteiger partial charge in [0.2, 0.25) is 5.91 Å². The van der Waals surface area contributed by atoms with Crippen LogP contribution < -0.4 is 15.4 Å². The predicted octanol–water partition coefficient (Wildman–Crippen LogP) is 4.38. The summed E-state index contributed by atoms with van der Waals surface area (Å²) in [7, 11) is 0. The number of carbonyl (C=O) groups is 2. The highest BCUT2D eigenvalue weighted by Gasteiger charge is 2.09. The average molecular weight is 340 g/mol. The first-order valence-corrected chi connectivity index (χ1v) is 8.35. The number of carbonyl (C=O) groups excluding carboxylic acids is 2. The molecule has 0 aliphatic carbocycles. The van der Waals surface area contributed by atoms with Crippen molar-refractivity contribution in [2.75, 3.05) is 10.6 Å². The van der Waals surface area contributed by atoms with Crippen LogP contribution in [0.1, 0.15) is 43.1 Å². The second kappa shape index (κ2) is 8.33. The highest BCUT2D eigenvalue weighted by atomic mass is 16.5. The minimum absolute atomic E-state index is 0.138. The quantitative estimate of drug-likeness (QED) is 0.820. The summed E-state index contributed by atoms with van der Waals surface area (Å²) in [6.07, 6.45) is 1.06. The van der Waals surface area contributed by atoms with E-state index in [0.29, 0.717) is 16.9 Å². The maximum atomic E-state index is 12.4. The second-order valence-electron chi connectivity index (χ2n) is 6.03. The standard InChI is InChI=1S/C20H24N2O3/c1-5-14(3)25-18-10-7-16(8-11-18)20(24)22-17-9-6-13(2)19(12-17)21-15(4)23/h6-12,14H,5H2,1-4H3,(H,21,23)(H,22,24). The van der Waals surface area contributed by atoms with Gasteiger partial charge in [-0.15, -0.1) is 0 Å². The average Bonchev–Trinajstić information content (AvgIpc) is 2.58. The van der Waals surface area contributed by atoms with Gasteiger partial charge in [-0.1, -0.05) is 13.0 Å². The summed E-state index contributed by atoms with van der Waals surface area (Å²) < 4.78 is 5.71. The number of aryl methyl sites for hydroxylation is 1. The van der Waals surface area contributed by atoms with E-state index in [2.05, 4.69) is 17.6 Å². The van der Waals surface area contributed by atoms with E-state index in [4.69, 9.17) is 4.74 Å². The van der Waals surface area contributed by atoms with Crippen LogP contribution in [-0.4, -0.2) is 17.9 Å². The van der Waals surface area contributed by atoms with Gasteiger partial charge < -0.3 is 15.4 Å². The highest BCUT2D eigenvalue weighted by Crippen LogP contribution is 2.21. The Hall–Kier alpha value is -2.82. The van der Waals surface area contributed by atoms with Crippen molar-refractivity contribution < 1.29 is 14.3 Å². The molecule has 0 spiro atoms. The summed E-state index contributed by atoms with van der Waals surface area (Å²) in [5.74, 6) is 0.380. The Labute approximate surface area is 148 Å². The Kier molecular flexibility index (Phi) is 6.17. The first kappa shape index (κ1) is 18.5. The van der Waals surface area contributed by atoms with Gasteiger partial charge in [0.15, 0.2) is 0 Å². The molecule has 5 heteroatoms. The highest BCUT2D eigenvalue weighted by molar-refractivity contribution is 6.04. The van der Waals surface area contributed by atoms with Gasteiger partial charge in [0.05, 0.1) is 6.10 Å². The molecule has 5 nitrogen and oxygen atoms in total. The molecular weight excluding hydrogens is 316 g/mol. The molecule has 0 fully saturated rings. The fourth-order valence-electron chi connectivity index (χ4n) is 2.23. The Morgan fingerprint density at radius 1 is 1.08 bits per heavy atom. The number of anilines is 2. The Bertz CT molecular complexity index is 754. The first-order valence-electron chi connectivity index (χ1n) is 8.35. The maximum Gasteiger partial charge on any atom is 0.255 e. The summed E-state index contributed by atoms with van der Waals surface area (Å²) in [4.78, 5) is 23.6. The van der Waals surface area contributed by atoms with Crippen LogP contribution in [0.5, 0.6) is 5.75 Å². The SMILES string of the molecule is CCC(C)Oc1ccc(C(=O)Nc2ccc(C)c(NC(C)=O)c2)cc1. The van der Waals surface area contributed by atoms with E-state index in [1.165, 1.54) is 6.92 Å². The van der Waals surface area contributed by atoms with Crippen LogP contribution in [0.25, 0.3) is 0 Å². The smallest absolute Gasteiger partial charge is 0.255 e. The molecule has 1 atom stereocenters. The molecule has 0 aromatic heterocycles. The van der Waals surface area contributed by atoms with Gasteiger partial charge >= 0.3 is 0 Å². The van der Waals surface area contributed by atoms with E-state index in [1.54, 1.807) is 36.4 Å². The van der Waals surface area contributed by atoms with Crippen molar-refractivity contribution in [1.82, 2.24) is 0 Å². The molecule has 2 aromatic rings. The van der Waals surface area contributed by atoms with Gasteiger partial charge in [-0.3, -0.25) is 9.59 Å². The Balaban J connectivity index is 2.07. The van der Waals surface area contributed by atoms with Crippen molar-refractivity contribution >= 4 is 23.2 Å². The number of amides is 2. The van der Waals surface area contributed by atoms with Gasteiger partial charge in [0, 0.05) is 23.9 Å². The Morgan fingerprint density at radius 3 is 2.36 bits per heavy atom. The summed E-state index contributed by atoms with van der Waals surface area (Å²) in [6.45, 7) is 7.41. The van der Waals surface area contributed by atoms with Crippen LogP contribution in [0.3, 0.4) is 0 Å². The normalized spacial score (nSPS) is 11.5. The topological polar surface area (TPSA) is 67.4 Å². The molecule has 0 saturated heterocycles. The lowest BCUT2D eigenvalue weighted by Gasteiger charge is -2.13. The largest absolute Gasteiger partial charge is 0.491 e. The number of ether oxygens (including phenoxy) is 1. The number of nitrogens with one attached hydrogen (secondary N) is 2. The second-order valence-corrected chi connectivity index (χ2v) is 6.03. The zero-order chi connectivity index (χ0) is 18.4. The van der Waals surface area contributed by atoms with Gasteiger partial charge in [0.1, 0.15) is 5.75 Å². The van der Waals surface area contributed by atoms with Crippen molar-refractivity contribution in [3.63, 3.8) is 0 Å². The molecule has 132 valence electrons. The van der Waals surface area contributed by atoms with Crippen LogP contribution in [0.4, 0.5) is 11.4 Å². The van der Waals surface area contributed by atoms with Crippen molar-refractivity contribution in [2.45, 2.75) is 40.2 Å². The zero-order valence-corrected chi connectivity index (χ0v) is 15.1. The van der Waals surface area contributed by atoms with E-state index in [0.717, 1.165) is 17.7 Å². The molecule has 0 bridgehead atoms. The monoisotopic (exact) mass is 340 g/mol. The van der Waals surface area contributed by atoms with Crippen molar-refractivity contribution in [1.29, 1.82) is 0 Å². The van der Waals surface area contributed by atoms with E-state index in [1.807, 2.05) is 19.9 Å². The molecule has 0 heterocycles. The fourth-order valence-corrected chi connectivity index (χ4v) is 2.23. The number of benzene rings is 2. The molecule has 0 aliphatic heterocycles. The fraction of sp³-hybridized carbons (Fsp3) is 0.300. The third-order valence-corrected chi connectivity index (χ3v) is 3.83. The molecular formula is C20H24N2O3. The lowest BCUT2D eigenvalue weighted by Crippen LogP contribution is -2.13. The Morgan fingerprint density at radius 2 is 1.76 bits per heavy atom. The molecule has 0 radical (unpaired) electrons. The minimum atomic E-state index is -0.215. The summed E-state index contributed by atoms with van der Waals surface area (Å²) >= 11 is 0. The third-order valence-electron chi connectivity index (χ3n) is 3.83. The van der Waals surface area contributed by atoms with Crippen LogP contribution >= 0.6 is 0 Å². The summed E-state index contributed by atoms with van der Waals surface area (Å²) in [5.41, 5.74) is 2.78. The molecule has 2 N–H and O–H groups in total. The van der Waals surface area contributed by atoms with Crippen molar-refractivity contribution in [3.8, 4) is 5.75 Å². The van der Waals surface area contributed by atoms with Crippen LogP contribution in [0.2, 0.25) is 0 Å². The zero-order valence-electron chi connectivity index (χ0n) is 15.1. The van der Waals surface area contributed by atoms with E-state index < -0.39 is 0 Å². The molecule has 0 saturated carbocycles. The van der Waals surface area contributed by atoms with Crippen molar-refractivity contribution in [2.24, 2.45) is 0 Å². The molecule has 1 unspecified atom stereocenters. The van der Waals surface area contributed by atoms with E-state index in [9.17, 15) is 9.59 Å². The summed E-state index contributed by atoms with van der Waals surface area (Å²) in [6, 6.07) is 12.4. The lowest BCUT2D eigenvalue weighted by molar-refractivity contribution is -0.114.